The first-order valence-electron chi connectivity index (χ1n) is 10.5. The molecule has 0 unspecified atom stereocenters. The number of fused-ring (bicyclic) bond motifs is 1. The molecule has 0 N–H and O–H groups in total. The van der Waals surface area contributed by atoms with Crippen molar-refractivity contribution in [3.05, 3.63) is 53.0 Å². The number of carbonyl (C=O) groups is 1. The molecule has 1 aromatic carbocycles. The van der Waals surface area contributed by atoms with Crippen LogP contribution in [0.4, 0.5) is 5.82 Å². The molecule has 148 valence electrons. The highest BCUT2D eigenvalue weighted by molar-refractivity contribution is 5.73. The first kappa shape index (κ1) is 18.9. The highest BCUT2D eigenvalue weighted by Crippen LogP contribution is 2.31. The average Bonchev–Trinajstić information content (AvgIpc) is 2.73. The predicted molar refractivity (Wildman–Crippen MR) is 112 cm³/mol. The van der Waals surface area contributed by atoms with Crippen molar-refractivity contribution in [2.45, 2.75) is 51.9 Å². The third-order valence-electron chi connectivity index (χ3n) is 6.11. The third-order valence-corrected chi connectivity index (χ3v) is 6.11. The summed E-state index contributed by atoms with van der Waals surface area (Å²) in [6, 6.07) is 10.7. The van der Waals surface area contributed by atoms with Crippen LogP contribution in [-0.4, -0.2) is 47.0 Å². The second-order valence-electron chi connectivity index (χ2n) is 8.10. The molecule has 1 atom stereocenters. The standard InChI is InChI=1S/C23H30N4O/c1-17-21-11-7-13-26(15-12-19-8-4-3-5-9-19)23(21)25-22(24-17)20-10-6-14-27(16-20)18(2)28/h3-5,8-9,20H,6-7,10-16H2,1-2H3/t20-/m1/s1. The van der Waals surface area contributed by atoms with Crippen LogP contribution in [0, 0.1) is 6.92 Å². The van der Waals surface area contributed by atoms with Crippen molar-refractivity contribution in [1.82, 2.24) is 14.9 Å². The van der Waals surface area contributed by atoms with Gasteiger partial charge in [-0.1, -0.05) is 30.3 Å². The van der Waals surface area contributed by atoms with E-state index in [9.17, 15) is 4.79 Å². The summed E-state index contributed by atoms with van der Waals surface area (Å²) >= 11 is 0. The van der Waals surface area contributed by atoms with Gasteiger partial charge < -0.3 is 9.80 Å². The smallest absolute Gasteiger partial charge is 0.219 e. The first-order chi connectivity index (χ1) is 13.6. The molecule has 0 radical (unpaired) electrons. The zero-order valence-corrected chi connectivity index (χ0v) is 17.0. The summed E-state index contributed by atoms with van der Waals surface area (Å²) in [6.45, 7) is 7.43. The molecule has 0 bridgehead atoms. The molecule has 2 aliphatic heterocycles. The van der Waals surface area contributed by atoms with Gasteiger partial charge in [0.1, 0.15) is 11.6 Å². The topological polar surface area (TPSA) is 49.3 Å². The van der Waals surface area contributed by atoms with Gasteiger partial charge >= 0.3 is 0 Å². The Morgan fingerprint density at radius 1 is 1.14 bits per heavy atom. The van der Waals surface area contributed by atoms with Gasteiger partial charge in [-0.05, 0) is 44.6 Å². The van der Waals surface area contributed by atoms with Gasteiger partial charge in [0, 0.05) is 50.3 Å². The van der Waals surface area contributed by atoms with Gasteiger partial charge in [0.25, 0.3) is 0 Å². The Kier molecular flexibility index (Phi) is 5.60. The maximum absolute atomic E-state index is 11.8. The van der Waals surface area contributed by atoms with Crippen LogP contribution in [-0.2, 0) is 17.6 Å². The Morgan fingerprint density at radius 3 is 2.75 bits per heavy atom. The fourth-order valence-electron chi connectivity index (χ4n) is 4.49. The summed E-state index contributed by atoms with van der Waals surface area (Å²) in [5.74, 6) is 2.46. The summed E-state index contributed by atoms with van der Waals surface area (Å²) in [7, 11) is 0. The molecule has 5 nitrogen and oxygen atoms in total. The maximum atomic E-state index is 11.8. The number of hydrogen-bond donors (Lipinski definition) is 0. The lowest BCUT2D eigenvalue weighted by Crippen LogP contribution is -2.39. The first-order valence-corrected chi connectivity index (χ1v) is 10.5. The molecule has 5 heteroatoms. The van der Waals surface area contributed by atoms with E-state index in [1.54, 1.807) is 6.92 Å². The Bertz CT molecular complexity index is 836. The zero-order valence-electron chi connectivity index (χ0n) is 17.0. The van der Waals surface area contributed by atoms with Crippen LogP contribution in [0.2, 0.25) is 0 Å². The van der Waals surface area contributed by atoms with Crippen molar-refractivity contribution in [3.8, 4) is 0 Å². The van der Waals surface area contributed by atoms with Crippen molar-refractivity contribution in [2.24, 2.45) is 0 Å². The Labute approximate surface area is 167 Å². The Balaban J connectivity index is 1.56. The minimum atomic E-state index is 0.156. The van der Waals surface area contributed by atoms with E-state index < -0.39 is 0 Å². The molecule has 3 heterocycles. The molecular weight excluding hydrogens is 348 g/mol. The zero-order chi connectivity index (χ0) is 19.5. The molecule has 1 amide bonds. The molecule has 2 aromatic rings. The van der Waals surface area contributed by atoms with E-state index in [1.807, 2.05) is 4.90 Å². The third kappa shape index (κ3) is 4.03. The molecule has 1 aromatic heterocycles. The van der Waals surface area contributed by atoms with Gasteiger partial charge in [-0.2, -0.15) is 0 Å². The fourth-order valence-corrected chi connectivity index (χ4v) is 4.49. The van der Waals surface area contributed by atoms with E-state index in [1.165, 1.54) is 11.1 Å². The molecule has 0 saturated carbocycles. The monoisotopic (exact) mass is 378 g/mol. The number of aromatic nitrogens is 2. The van der Waals surface area contributed by atoms with Crippen molar-refractivity contribution in [3.63, 3.8) is 0 Å². The minimum absolute atomic E-state index is 0.156. The van der Waals surface area contributed by atoms with Gasteiger partial charge in [-0.3, -0.25) is 4.79 Å². The number of anilines is 1. The van der Waals surface area contributed by atoms with Gasteiger partial charge in [0.2, 0.25) is 5.91 Å². The lowest BCUT2D eigenvalue weighted by Gasteiger charge is -2.34. The van der Waals surface area contributed by atoms with E-state index in [0.29, 0.717) is 0 Å². The highest BCUT2D eigenvalue weighted by Gasteiger charge is 2.28. The summed E-state index contributed by atoms with van der Waals surface area (Å²) in [5, 5.41) is 0. The molecule has 0 spiro atoms. The van der Waals surface area contributed by atoms with Crippen molar-refractivity contribution in [1.29, 1.82) is 0 Å². The van der Waals surface area contributed by atoms with Crippen LogP contribution in [0.3, 0.4) is 0 Å². The van der Waals surface area contributed by atoms with Crippen LogP contribution in [0.1, 0.15) is 54.7 Å². The maximum Gasteiger partial charge on any atom is 0.219 e. The lowest BCUT2D eigenvalue weighted by atomic mass is 9.96. The SMILES string of the molecule is CC(=O)N1CCC[C@@H](c2nc(C)c3c(n2)N(CCc2ccccc2)CCC3)C1. The lowest BCUT2D eigenvalue weighted by molar-refractivity contribution is -0.130. The summed E-state index contributed by atoms with van der Waals surface area (Å²) in [5.41, 5.74) is 3.79. The molecule has 28 heavy (non-hydrogen) atoms. The largest absolute Gasteiger partial charge is 0.356 e. The highest BCUT2D eigenvalue weighted by atomic mass is 16.2. The second-order valence-corrected chi connectivity index (χ2v) is 8.10. The van der Waals surface area contributed by atoms with E-state index in [2.05, 4.69) is 42.2 Å². The summed E-state index contributed by atoms with van der Waals surface area (Å²) in [6.07, 6.45) is 5.34. The van der Waals surface area contributed by atoms with Gasteiger partial charge in [-0.25, -0.2) is 9.97 Å². The number of hydrogen-bond acceptors (Lipinski definition) is 4. The normalized spacial score (nSPS) is 19.4. The number of aryl methyl sites for hydroxylation is 1. The number of benzene rings is 1. The van der Waals surface area contributed by atoms with Gasteiger partial charge in [0.05, 0.1) is 0 Å². The predicted octanol–water partition coefficient (Wildman–Crippen LogP) is 3.51. The van der Waals surface area contributed by atoms with Crippen LogP contribution in [0.5, 0.6) is 0 Å². The number of amides is 1. The molecule has 0 aliphatic carbocycles. The van der Waals surface area contributed by atoms with E-state index in [0.717, 1.165) is 75.6 Å². The van der Waals surface area contributed by atoms with Crippen LogP contribution in [0.25, 0.3) is 0 Å². The molecule has 1 fully saturated rings. The van der Waals surface area contributed by atoms with Gasteiger partial charge in [-0.15, -0.1) is 0 Å². The second kappa shape index (κ2) is 8.29. The Morgan fingerprint density at radius 2 is 1.96 bits per heavy atom. The molecule has 1 saturated heterocycles. The van der Waals surface area contributed by atoms with Crippen LogP contribution < -0.4 is 4.90 Å². The van der Waals surface area contributed by atoms with Crippen LogP contribution in [0.15, 0.2) is 30.3 Å². The molecule has 2 aliphatic rings. The van der Waals surface area contributed by atoms with Crippen molar-refractivity contribution in [2.75, 3.05) is 31.1 Å². The minimum Gasteiger partial charge on any atom is -0.356 e. The summed E-state index contributed by atoms with van der Waals surface area (Å²) < 4.78 is 0. The number of rotatable bonds is 4. The Hall–Kier alpha value is -2.43. The quantitative estimate of drug-likeness (QED) is 0.817. The van der Waals surface area contributed by atoms with Crippen molar-refractivity contribution >= 4 is 11.7 Å². The fraction of sp³-hybridized carbons (Fsp3) is 0.522. The van der Waals surface area contributed by atoms with E-state index in [-0.39, 0.29) is 11.8 Å². The van der Waals surface area contributed by atoms with Crippen molar-refractivity contribution < 1.29 is 4.79 Å². The number of carbonyl (C=O) groups excluding carboxylic acids is 1. The molecular formula is C23H30N4O. The van der Waals surface area contributed by atoms with E-state index in [4.69, 9.17) is 9.97 Å². The summed E-state index contributed by atoms with van der Waals surface area (Å²) in [4.78, 5) is 26.2. The number of likely N-dealkylation sites (tertiary alicyclic amines) is 1. The number of piperidine rings is 1. The molecule has 4 rings (SSSR count). The van der Waals surface area contributed by atoms with Gasteiger partial charge in [0.15, 0.2) is 0 Å². The van der Waals surface area contributed by atoms with Crippen LogP contribution >= 0.6 is 0 Å². The van der Waals surface area contributed by atoms with E-state index >= 15 is 0 Å². The average molecular weight is 379 g/mol. The number of nitrogens with zero attached hydrogens (tertiary/aromatic N) is 4.